The van der Waals surface area contributed by atoms with Crippen LogP contribution in [0.2, 0.25) is 0 Å². The minimum absolute atomic E-state index is 1.03. The van der Waals surface area contributed by atoms with Crippen molar-refractivity contribution in [3.05, 3.63) is 0 Å². The summed E-state index contributed by atoms with van der Waals surface area (Å²) in [4.78, 5) is 0. The van der Waals surface area contributed by atoms with Gasteiger partial charge in [-0.15, -0.1) is 0 Å². The highest BCUT2D eigenvalue weighted by atomic mass is 14.2. The predicted octanol–water partition coefficient (Wildman–Crippen LogP) is 24.3. The van der Waals surface area contributed by atoms with Gasteiger partial charge in [-0.05, 0) is 5.92 Å². The summed E-state index contributed by atoms with van der Waals surface area (Å²) < 4.78 is 0. The van der Waals surface area contributed by atoms with E-state index in [2.05, 4.69) is 20.8 Å². The van der Waals surface area contributed by atoms with Crippen molar-refractivity contribution in [1.82, 2.24) is 0 Å². The summed E-state index contributed by atoms with van der Waals surface area (Å²) in [5, 5.41) is 0. The van der Waals surface area contributed by atoms with Crippen molar-refractivity contribution < 1.29 is 0 Å². The topological polar surface area (TPSA) is 0 Å². The van der Waals surface area contributed by atoms with Gasteiger partial charge in [0.2, 0.25) is 0 Å². The maximum Gasteiger partial charge on any atom is -0.0414 e. The Labute approximate surface area is 397 Å². The molecule has 0 spiro atoms. The maximum absolute atomic E-state index is 2.33. The van der Waals surface area contributed by atoms with Crippen molar-refractivity contribution >= 4 is 0 Å². The van der Waals surface area contributed by atoms with Crippen molar-refractivity contribution in [1.29, 1.82) is 0 Å². The second-order valence-electron chi connectivity index (χ2n) is 21.6. The van der Waals surface area contributed by atoms with E-state index < -0.39 is 0 Å². The molecule has 0 heteroatoms. The van der Waals surface area contributed by atoms with Gasteiger partial charge < -0.3 is 0 Å². The zero-order valence-electron chi connectivity index (χ0n) is 44.6. The van der Waals surface area contributed by atoms with E-state index in [1.165, 1.54) is 372 Å². The molecule has 0 aliphatic heterocycles. The SMILES string of the molecule is CCCCCCCCCCCCCCCCCCCCCCCCCCCCCCCC(CCCCCCCCCCCCCC)CCCCCCCCCCCCCCCC. The monoisotopic (exact) mass is 871 g/mol. The van der Waals surface area contributed by atoms with Crippen LogP contribution in [0.1, 0.15) is 393 Å². The van der Waals surface area contributed by atoms with E-state index in [9.17, 15) is 0 Å². The molecule has 374 valence electrons. The Morgan fingerprint density at radius 3 is 0.339 bits per heavy atom. The average molecular weight is 872 g/mol. The van der Waals surface area contributed by atoms with Crippen LogP contribution in [0.15, 0.2) is 0 Å². The minimum atomic E-state index is 1.03. The third kappa shape index (κ3) is 56.1. The maximum atomic E-state index is 2.33. The Morgan fingerprint density at radius 2 is 0.226 bits per heavy atom. The van der Waals surface area contributed by atoms with Crippen LogP contribution < -0.4 is 0 Å². The van der Waals surface area contributed by atoms with Crippen LogP contribution in [0, 0.1) is 5.92 Å². The van der Waals surface area contributed by atoms with Crippen LogP contribution in [-0.2, 0) is 0 Å². The van der Waals surface area contributed by atoms with E-state index in [1.54, 1.807) is 0 Å². The Balaban J connectivity index is 3.75. The number of rotatable bonds is 58. The zero-order chi connectivity index (χ0) is 44.6. The molecule has 0 aliphatic rings. The van der Waals surface area contributed by atoms with Gasteiger partial charge in [0.05, 0.1) is 0 Å². The van der Waals surface area contributed by atoms with Crippen LogP contribution in [0.3, 0.4) is 0 Å². The van der Waals surface area contributed by atoms with E-state index in [0.717, 1.165) is 5.92 Å². The normalized spacial score (nSPS) is 12.2. The molecule has 0 saturated carbocycles. The van der Waals surface area contributed by atoms with Gasteiger partial charge in [-0.2, -0.15) is 0 Å². The Morgan fingerprint density at radius 1 is 0.129 bits per heavy atom. The van der Waals surface area contributed by atoms with Gasteiger partial charge in [-0.3, -0.25) is 0 Å². The third-order valence-corrected chi connectivity index (χ3v) is 15.1. The molecule has 1 atom stereocenters. The van der Waals surface area contributed by atoms with Crippen molar-refractivity contribution in [2.24, 2.45) is 5.92 Å². The minimum Gasteiger partial charge on any atom is -0.0654 e. The standard InChI is InChI=1S/C62H126/c1-4-7-10-13-16-19-22-25-27-28-29-30-31-32-33-34-35-36-37-38-39-40-41-43-46-49-52-55-58-61-62(59-56-53-50-47-44-24-21-18-15-12-9-6-3)60-57-54-51-48-45-42-26-23-20-17-14-11-8-5-2/h62H,4-61H2,1-3H3. The average Bonchev–Trinajstić information content (AvgIpc) is 3.28. The molecule has 0 aliphatic carbocycles. The summed E-state index contributed by atoms with van der Waals surface area (Å²) in [6, 6.07) is 0. The van der Waals surface area contributed by atoms with Crippen LogP contribution >= 0.6 is 0 Å². The molecule has 0 heterocycles. The molecule has 0 nitrogen and oxygen atoms in total. The van der Waals surface area contributed by atoms with E-state index in [4.69, 9.17) is 0 Å². The van der Waals surface area contributed by atoms with Crippen molar-refractivity contribution in [3.8, 4) is 0 Å². The molecule has 0 aromatic rings. The molecule has 0 radical (unpaired) electrons. The van der Waals surface area contributed by atoms with E-state index in [1.807, 2.05) is 0 Å². The molecule has 0 rings (SSSR count). The highest BCUT2D eigenvalue weighted by molar-refractivity contribution is 4.63. The smallest absolute Gasteiger partial charge is 0.0414 e. The molecule has 0 fully saturated rings. The fourth-order valence-corrected chi connectivity index (χ4v) is 10.6. The fourth-order valence-electron chi connectivity index (χ4n) is 10.6. The lowest BCUT2D eigenvalue weighted by atomic mass is 9.89. The zero-order valence-corrected chi connectivity index (χ0v) is 44.6. The van der Waals surface area contributed by atoms with Gasteiger partial charge >= 0.3 is 0 Å². The Hall–Kier alpha value is 0. The second kappa shape index (κ2) is 59.0. The highest BCUT2D eigenvalue weighted by Crippen LogP contribution is 2.26. The molecule has 0 N–H and O–H groups in total. The molecule has 1 unspecified atom stereocenters. The summed E-state index contributed by atoms with van der Waals surface area (Å²) in [6.45, 7) is 6.97. The fraction of sp³-hybridized carbons (Fsp3) is 1.00. The molecule has 0 aromatic heterocycles. The van der Waals surface area contributed by atoms with Crippen LogP contribution in [0.4, 0.5) is 0 Å². The summed E-state index contributed by atoms with van der Waals surface area (Å²) in [5.41, 5.74) is 0. The lowest BCUT2D eigenvalue weighted by molar-refractivity contribution is 0.365. The van der Waals surface area contributed by atoms with Gasteiger partial charge in [-0.25, -0.2) is 0 Å². The van der Waals surface area contributed by atoms with Crippen molar-refractivity contribution in [2.75, 3.05) is 0 Å². The lowest BCUT2D eigenvalue weighted by Gasteiger charge is -2.17. The summed E-state index contributed by atoms with van der Waals surface area (Å²) in [5.74, 6) is 1.03. The van der Waals surface area contributed by atoms with Crippen molar-refractivity contribution in [2.45, 2.75) is 393 Å². The van der Waals surface area contributed by atoms with E-state index >= 15 is 0 Å². The van der Waals surface area contributed by atoms with Crippen LogP contribution in [-0.4, -0.2) is 0 Å². The summed E-state index contributed by atoms with van der Waals surface area (Å²) in [7, 11) is 0. The first-order valence-electron chi connectivity index (χ1n) is 30.8. The summed E-state index contributed by atoms with van der Waals surface area (Å²) >= 11 is 0. The first-order chi connectivity index (χ1) is 30.8. The molecule has 0 amide bonds. The highest BCUT2D eigenvalue weighted by Gasteiger charge is 2.09. The van der Waals surface area contributed by atoms with Gasteiger partial charge in [0.1, 0.15) is 0 Å². The molecule has 0 saturated heterocycles. The van der Waals surface area contributed by atoms with Gasteiger partial charge in [0.25, 0.3) is 0 Å². The second-order valence-corrected chi connectivity index (χ2v) is 21.6. The van der Waals surface area contributed by atoms with Gasteiger partial charge in [-0.1, -0.05) is 393 Å². The first-order valence-corrected chi connectivity index (χ1v) is 30.8. The van der Waals surface area contributed by atoms with Crippen molar-refractivity contribution in [3.63, 3.8) is 0 Å². The quantitative estimate of drug-likeness (QED) is 0.0534. The van der Waals surface area contributed by atoms with Crippen LogP contribution in [0.5, 0.6) is 0 Å². The first kappa shape index (κ1) is 62.0. The largest absolute Gasteiger partial charge is 0.0654 e. The Kier molecular flexibility index (Phi) is 59.0. The van der Waals surface area contributed by atoms with E-state index in [0.29, 0.717) is 0 Å². The Bertz CT molecular complexity index is 724. The molecule has 0 bridgehead atoms. The lowest BCUT2D eigenvalue weighted by Crippen LogP contribution is -2.01. The van der Waals surface area contributed by atoms with Gasteiger partial charge in [0, 0.05) is 0 Å². The molecular formula is C62H126. The summed E-state index contributed by atoms with van der Waals surface area (Å²) in [6.07, 6.45) is 86.3. The predicted molar refractivity (Wildman–Crippen MR) is 288 cm³/mol. The van der Waals surface area contributed by atoms with E-state index in [-0.39, 0.29) is 0 Å². The van der Waals surface area contributed by atoms with Crippen LogP contribution in [0.25, 0.3) is 0 Å². The molecule has 0 aromatic carbocycles. The molecular weight excluding hydrogens is 745 g/mol. The molecule has 62 heavy (non-hydrogen) atoms. The number of hydrogen-bond acceptors (Lipinski definition) is 0. The van der Waals surface area contributed by atoms with Gasteiger partial charge in [0.15, 0.2) is 0 Å². The number of unbranched alkanes of at least 4 members (excludes halogenated alkanes) is 52. The third-order valence-electron chi connectivity index (χ3n) is 15.1. The number of hydrogen-bond donors (Lipinski definition) is 0.